The van der Waals surface area contributed by atoms with Crippen LogP contribution < -0.4 is 20.9 Å². The molecule has 1 aromatic carbocycles. The number of benzene rings is 1. The number of rotatable bonds is 3. The lowest BCUT2D eigenvalue weighted by molar-refractivity contribution is -0.119. The molecule has 3 fully saturated rings. The van der Waals surface area contributed by atoms with Crippen molar-refractivity contribution in [1.29, 1.82) is 0 Å². The number of nitrogens with one attached hydrogen (secondary N) is 3. The Morgan fingerprint density at radius 3 is 2.88 bits per heavy atom. The van der Waals surface area contributed by atoms with Gasteiger partial charge in [0.2, 0.25) is 5.91 Å². The van der Waals surface area contributed by atoms with Crippen LogP contribution in [0.5, 0.6) is 5.75 Å². The summed E-state index contributed by atoms with van der Waals surface area (Å²) in [6.07, 6.45) is 5.22. The van der Waals surface area contributed by atoms with Gasteiger partial charge in [-0.25, -0.2) is 5.43 Å². The van der Waals surface area contributed by atoms with Gasteiger partial charge in [-0.15, -0.1) is 11.8 Å². The molecule has 0 aromatic heterocycles. The lowest BCUT2D eigenvalue weighted by Gasteiger charge is -2.27. The second-order valence-corrected chi connectivity index (χ2v) is 8.16. The van der Waals surface area contributed by atoms with E-state index in [1.165, 1.54) is 18.4 Å². The summed E-state index contributed by atoms with van der Waals surface area (Å²) in [5.74, 6) is 1.87. The summed E-state index contributed by atoms with van der Waals surface area (Å²) in [4.78, 5) is 12.0. The molecule has 3 aliphatic rings. The Bertz CT molecular complexity index is 606. The fourth-order valence-electron chi connectivity index (χ4n) is 4.05. The predicted molar refractivity (Wildman–Crippen MR) is 95.7 cm³/mol. The van der Waals surface area contributed by atoms with Crippen molar-refractivity contribution in [2.45, 2.75) is 56.2 Å². The third-order valence-electron chi connectivity index (χ3n) is 5.28. The van der Waals surface area contributed by atoms with Crippen LogP contribution in [0.1, 0.15) is 43.4 Å². The van der Waals surface area contributed by atoms with Crippen molar-refractivity contribution < 1.29 is 9.53 Å². The number of carbonyl (C=O) groups is 1. The number of fused-ring (bicyclic) bond motifs is 1. The van der Waals surface area contributed by atoms with Gasteiger partial charge >= 0.3 is 0 Å². The van der Waals surface area contributed by atoms with E-state index < -0.39 is 0 Å². The van der Waals surface area contributed by atoms with Gasteiger partial charge in [-0.2, -0.15) is 0 Å². The quantitative estimate of drug-likeness (QED) is 0.783. The van der Waals surface area contributed by atoms with E-state index in [9.17, 15) is 4.79 Å². The number of hydrogen-bond acceptors (Lipinski definition) is 5. The third kappa shape index (κ3) is 3.27. The second kappa shape index (κ2) is 6.94. The van der Waals surface area contributed by atoms with Gasteiger partial charge in [0.15, 0.2) is 0 Å². The lowest BCUT2D eigenvalue weighted by Crippen LogP contribution is -2.46. The van der Waals surface area contributed by atoms with Crippen molar-refractivity contribution in [3.05, 3.63) is 29.8 Å². The molecule has 4 atom stereocenters. The average Bonchev–Trinajstić information content (AvgIpc) is 3.16. The normalized spacial score (nSPS) is 33.8. The maximum atomic E-state index is 12.0. The number of thioether (sulfide) groups is 1. The fourth-order valence-corrected chi connectivity index (χ4v) is 5.41. The predicted octanol–water partition coefficient (Wildman–Crippen LogP) is 2.35. The molecule has 5 nitrogen and oxygen atoms in total. The highest BCUT2D eigenvalue weighted by atomic mass is 32.2. The first-order chi connectivity index (χ1) is 11.7. The molecular weight excluding hydrogens is 322 g/mol. The van der Waals surface area contributed by atoms with Crippen LogP contribution in [0.25, 0.3) is 0 Å². The molecule has 130 valence electrons. The zero-order valence-corrected chi connectivity index (χ0v) is 14.8. The molecule has 24 heavy (non-hydrogen) atoms. The van der Waals surface area contributed by atoms with Crippen LogP contribution in [-0.4, -0.2) is 30.0 Å². The number of carbonyl (C=O) groups excluding carboxylic acids is 1. The maximum absolute atomic E-state index is 12.0. The van der Waals surface area contributed by atoms with E-state index in [-0.39, 0.29) is 17.3 Å². The Kier molecular flexibility index (Phi) is 4.70. The number of hydrazine groups is 1. The summed E-state index contributed by atoms with van der Waals surface area (Å²) in [6.45, 7) is 2.17. The molecule has 0 spiro atoms. The van der Waals surface area contributed by atoms with Gasteiger partial charge in [-0.05, 0) is 50.3 Å². The van der Waals surface area contributed by atoms with E-state index in [1.54, 1.807) is 11.8 Å². The van der Waals surface area contributed by atoms with E-state index in [4.69, 9.17) is 4.74 Å². The van der Waals surface area contributed by atoms with Crippen molar-refractivity contribution >= 4 is 17.7 Å². The highest BCUT2D eigenvalue weighted by Crippen LogP contribution is 2.42. The van der Waals surface area contributed by atoms with Gasteiger partial charge in [-0.1, -0.05) is 12.1 Å². The SMILES string of the molecule is CC1NNC2NC(=O)CSC(c3cccc(OC4CCCC4)c3)C12. The first-order valence-corrected chi connectivity index (χ1v) is 9.94. The van der Waals surface area contributed by atoms with Crippen LogP contribution >= 0.6 is 11.8 Å². The first kappa shape index (κ1) is 16.2. The van der Waals surface area contributed by atoms with Gasteiger partial charge in [0, 0.05) is 17.2 Å². The number of hydrogen-bond donors (Lipinski definition) is 3. The molecule has 1 saturated carbocycles. The van der Waals surface area contributed by atoms with Crippen LogP contribution in [0.15, 0.2) is 24.3 Å². The van der Waals surface area contributed by atoms with Gasteiger partial charge < -0.3 is 10.1 Å². The number of amides is 1. The first-order valence-electron chi connectivity index (χ1n) is 8.89. The zero-order chi connectivity index (χ0) is 16.5. The second-order valence-electron chi connectivity index (χ2n) is 7.03. The van der Waals surface area contributed by atoms with Crippen LogP contribution in [0, 0.1) is 5.92 Å². The van der Waals surface area contributed by atoms with Crippen LogP contribution in [0.2, 0.25) is 0 Å². The lowest BCUT2D eigenvalue weighted by atomic mass is 9.91. The van der Waals surface area contributed by atoms with E-state index >= 15 is 0 Å². The molecule has 2 aliphatic heterocycles. The largest absolute Gasteiger partial charge is 0.490 e. The van der Waals surface area contributed by atoms with Crippen LogP contribution in [-0.2, 0) is 4.79 Å². The Morgan fingerprint density at radius 2 is 2.04 bits per heavy atom. The summed E-state index contributed by atoms with van der Waals surface area (Å²) in [6, 6.07) is 8.77. The molecule has 4 rings (SSSR count). The minimum Gasteiger partial charge on any atom is -0.490 e. The highest BCUT2D eigenvalue weighted by molar-refractivity contribution is 8.00. The summed E-state index contributed by atoms with van der Waals surface area (Å²) in [5, 5.41) is 3.34. The summed E-state index contributed by atoms with van der Waals surface area (Å²) >= 11 is 1.73. The fraction of sp³-hybridized carbons (Fsp3) is 0.611. The Labute approximate surface area is 147 Å². The van der Waals surface area contributed by atoms with Crippen molar-refractivity contribution in [2.24, 2.45) is 5.92 Å². The number of ether oxygens (including phenoxy) is 1. The monoisotopic (exact) mass is 347 g/mol. The minimum atomic E-state index is -0.0214. The summed E-state index contributed by atoms with van der Waals surface area (Å²) in [5.41, 5.74) is 7.75. The Balaban J connectivity index is 1.57. The summed E-state index contributed by atoms with van der Waals surface area (Å²) < 4.78 is 6.17. The summed E-state index contributed by atoms with van der Waals surface area (Å²) in [7, 11) is 0. The van der Waals surface area contributed by atoms with Gasteiger partial charge in [0.25, 0.3) is 0 Å². The van der Waals surface area contributed by atoms with Gasteiger partial charge in [0.05, 0.1) is 18.0 Å². The van der Waals surface area contributed by atoms with Crippen molar-refractivity contribution in [1.82, 2.24) is 16.2 Å². The van der Waals surface area contributed by atoms with Crippen molar-refractivity contribution in [2.75, 3.05) is 5.75 Å². The molecule has 0 bridgehead atoms. The van der Waals surface area contributed by atoms with Crippen LogP contribution in [0.4, 0.5) is 0 Å². The van der Waals surface area contributed by atoms with E-state index in [0.717, 1.165) is 18.6 Å². The zero-order valence-electron chi connectivity index (χ0n) is 14.0. The van der Waals surface area contributed by atoms with E-state index in [1.807, 2.05) is 0 Å². The standard InChI is InChI=1S/C18H25N3O2S/c1-11-16-17(24-10-15(22)19-18(16)21-20-11)12-5-4-8-14(9-12)23-13-6-2-3-7-13/h4-5,8-9,11,13,16-18,20-21H,2-3,6-7,10H2,1H3,(H,19,22). The van der Waals surface area contributed by atoms with E-state index in [0.29, 0.717) is 23.8 Å². The van der Waals surface area contributed by atoms with Gasteiger partial charge in [0.1, 0.15) is 5.75 Å². The molecule has 1 aliphatic carbocycles. The van der Waals surface area contributed by atoms with Crippen molar-refractivity contribution in [3.8, 4) is 5.75 Å². The molecule has 3 N–H and O–H groups in total. The molecule has 1 amide bonds. The molecule has 1 aromatic rings. The topological polar surface area (TPSA) is 62.4 Å². The molecule has 2 heterocycles. The molecule has 6 heteroatoms. The van der Waals surface area contributed by atoms with E-state index in [2.05, 4.69) is 47.4 Å². The highest BCUT2D eigenvalue weighted by Gasteiger charge is 2.42. The van der Waals surface area contributed by atoms with Crippen LogP contribution in [0.3, 0.4) is 0 Å². The Hall–Kier alpha value is -1.24. The Morgan fingerprint density at radius 1 is 1.21 bits per heavy atom. The molecule has 0 radical (unpaired) electrons. The smallest absolute Gasteiger partial charge is 0.231 e. The minimum absolute atomic E-state index is 0.0214. The third-order valence-corrected chi connectivity index (χ3v) is 6.65. The van der Waals surface area contributed by atoms with Gasteiger partial charge in [-0.3, -0.25) is 10.2 Å². The molecule has 4 unspecified atom stereocenters. The van der Waals surface area contributed by atoms with Crippen molar-refractivity contribution in [3.63, 3.8) is 0 Å². The maximum Gasteiger partial charge on any atom is 0.231 e. The molecular formula is C18H25N3O2S. The molecule has 2 saturated heterocycles. The average molecular weight is 347 g/mol.